The summed E-state index contributed by atoms with van der Waals surface area (Å²) in [6, 6.07) is 8.70. The second-order valence-corrected chi connectivity index (χ2v) is 7.57. The monoisotopic (exact) mass is 324 g/mol. The highest BCUT2D eigenvalue weighted by Gasteiger charge is 2.42. The maximum absolute atomic E-state index is 12.3. The van der Waals surface area contributed by atoms with Crippen LogP contribution in [0.3, 0.4) is 0 Å². The molecule has 2 aliphatic rings. The first-order valence-electron chi connectivity index (χ1n) is 7.52. The molecular formula is C15H20N2O4S. The van der Waals surface area contributed by atoms with Crippen LogP contribution in [0.2, 0.25) is 0 Å². The lowest BCUT2D eigenvalue weighted by Gasteiger charge is -2.36. The van der Waals surface area contributed by atoms with Crippen molar-refractivity contribution in [3.05, 3.63) is 35.9 Å². The van der Waals surface area contributed by atoms with Gasteiger partial charge in [-0.3, -0.25) is 0 Å². The van der Waals surface area contributed by atoms with Gasteiger partial charge in [-0.1, -0.05) is 36.8 Å². The standard InChI is InChI=1S/C15H20N2O4S/c18-10-12(11-6-2-1-3-7-11)16-15-17-22(19,20)14-9-5-4-8-13(14)21-15/h1-3,6-7,12-14,18H,4-5,8-10H2,(H,16,17)/t12-,13-,14+/m0/s1. The SMILES string of the molecule is O=S1(=O)NC(=N[C@@H](CO)c2ccccc2)O[C@H]2CCCC[C@H]21. The number of hydrogen-bond acceptors (Lipinski definition) is 5. The van der Waals surface area contributed by atoms with Crippen molar-refractivity contribution in [1.82, 2.24) is 4.72 Å². The van der Waals surface area contributed by atoms with E-state index in [4.69, 9.17) is 4.74 Å². The molecule has 1 aliphatic heterocycles. The molecule has 2 N–H and O–H groups in total. The number of rotatable bonds is 3. The van der Waals surface area contributed by atoms with Crippen LogP contribution < -0.4 is 4.72 Å². The Kier molecular flexibility index (Phi) is 4.35. The number of benzene rings is 1. The van der Waals surface area contributed by atoms with Crippen LogP contribution in [0.1, 0.15) is 37.3 Å². The Morgan fingerprint density at radius 2 is 2.00 bits per heavy atom. The fourth-order valence-corrected chi connectivity index (χ4v) is 4.58. The Labute approximate surface area is 130 Å². The first kappa shape index (κ1) is 15.3. The molecule has 2 fully saturated rings. The van der Waals surface area contributed by atoms with Gasteiger partial charge in [0, 0.05) is 0 Å². The number of amidine groups is 1. The van der Waals surface area contributed by atoms with Gasteiger partial charge in [0.2, 0.25) is 10.0 Å². The van der Waals surface area contributed by atoms with Crippen LogP contribution in [0.4, 0.5) is 0 Å². The highest BCUT2D eigenvalue weighted by Crippen LogP contribution is 2.29. The average Bonchev–Trinajstić information content (AvgIpc) is 2.53. The molecule has 1 heterocycles. The van der Waals surface area contributed by atoms with Gasteiger partial charge in [0.25, 0.3) is 6.02 Å². The summed E-state index contributed by atoms with van der Waals surface area (Å²) in [6.07, 6.45) is 2.87. The first-order valence-corrected chi connectivity index (χ1v) is 9.06. The molecule has 3 rings (SSSR count). The number of nitrogens with one attached hydrogen (secondary N) is 1. The number of nitrogens with zero attached hydrogens (tertiary/aromatic N) is 1. The third-order valence-electron chi connectivity index (χ3n) is 4.16. The second kappa shape index (κ2) is 6.26. The van der Waals surface area contributed by atoms with E-state index in [1.165, 1.54) is 0 Å². The molecule has 1 aliphatic carbocycles. The van der Waals surface area contributed by atoms with Gasteiger partial charge in [-0.15, -0.1) is 0 Å². The number of sulfonamides is 1. The van der Waals surface area contributed by atoms with Gasteiger partial charge in [-0.2, -0.15) is 0 Å². The van der Waals surface area contributed by atoms with Gasteiger partial charge >= 0.3 is 0 Å². The highest BCUT2D eigenvalue weighted by molar-refractivity contribution is 7.90. The minimum Gasteiger partial charge on any atom is -0.460 e. The summed E-state index contributed by atoms with van der Waals surface area (Å²) in [5, 5.41) is 9.04. The Hall–Kier alpha value is -1.60. The van der Waals surface area contributed by atoms with Gasteiger partial charge in [-0.25, -0.2) is 18.1 Å². The van der Waals surface area contributed by atoms with E-state index in [2.05, 4.69) is 9.71 Å². The van der Waals surface area contributed by atoms with E-state index >= 15 is 0 Å². The van der Waals surface area contributed by atoms with E-state index in [1.807, 2.05) is 30.3 Å². The maximum Gasteiger partial charge on any atom is 0.299 e. The summed E-state index contributed by atoms with van der Waals surface area (Å²) in [6.45, 7) is -0.216. The number of aliphatic imine (C=N–C) groups is 1. The van der Waals surface area contributed by atoms with Gasteiger partial charge < -0.3 is 9.84 Å². The zero-order valence-corrected chi connectivity index (χ0v) is 13.0. The van der Waals surface area contributed by atoms with E-state index in [-0.39, 0.29) is 18.7 Å². The lowest BCUT2D eigenvalue weighted by atomic mass is 9.97. The van der Waals surface area contributed by atoms with Gasteiger partial charge in [0.1, 0.15) is 17.4 Å². The molecule has 1 aromatic rings. The number of fused-ring (bicyclic) bond motifs is 1. The molecule has 3 atom stereocenters. The van der Waals surface area contributed by atoms with Crippen LogP contribution in [0, 0.1) is 0 Å². The van der Waals surface area contributed by atoms with Crippen molar-refractivity contribution >= 4 is 16.0 Å². The van der Waals surface area contributed by atoms with E-state index in [9.17, 15) is 13.5 Å². The number of ether oxygens (including phenoxy) is 1. The summed E-state index contributed by atoms with van der Waals surface area (Å²) in [7, 11) is -3.46. The molecule has 0 spiro atoms. The lowest BCUT2D eigenvalue weighted by molar-refractivity contribution is 0.130. The van der Waals surface area contributed by atoms with E-state index in [0.29, 0.717) is 6.42 Å². The van der Waals surface area contributed by atoms with Crippen LogP contribution in [-0.2, 0) is 14.8 Å². The summed E-state index contributed by atoms with van der Waals surface area (Å²) >= 11 is 0. The van der Waals surface area contributed by atoms with Crippen LogP contribution in [0.25, 0.3) is 0 Å². The maximum atomic E-state index is 12.3. The Balaban J connectivity index is 1.84. The summed E-state index contributed by atoms with van der Waals surface area (Å²) in [5.74, 6) is 0. The van der Waals surface area contributed by atoms with Gasteiger partial charge in [0.15, 0.2) is 0 Å². The highest BCUT2D eigenvalue weighted by atomic mass is 32.2. The molecule has 0 unspecified atom stereocenters. The average molecular weight is 324 g/mol. The molecule has 22 heavy (non-hydrogen) atoms. The Morgan fingerprint density at radius 1 is 1.27 bits per heavy atom. The normalized spacial score (nSPS) is 30.0. The third kappa shape index (κ3) is 3.10. The minimum absolute atomic E-state index is 0.00828. The molecule has 1 saturated carbocycles. The quantitative estimate of drug-likeness (QED) is 0.878. The minimum atomic E-state index is -3.46. The van der Waals surface area contributed by atoms with Crippen LogP contribution in [0.15, 0.2) is 35.3 Å². The van der Waals surface area contributed by atoms with Crippen molar-refractivity contribution in [2.75, 3.05) is 6.61 Å². The predicted molar refractivity (Wildman–Crippen MR) is 82.9 cm³/mol. The summed E-state index contributed by atoms with van der Waals surface area (Å²) < 4.78 is 32.7. The largest absolute Gasteiger partial charge is 0.460 e. The second-order valence-electron chi connectivity index (χ2n) is 5.67. The fourth-order valence-electron chi connectivity index (χ4n) is 3.01. The van der Waals surface area contributed by atoms with Crippen molar-refractivity contribution in [1.29, 1.82) is 0 Å². The molecule has 6 nitrogen and oxygen atoms in total. The summed E-state index contributed by atoms with van der Waals surface area (Å²) in [5.41, 5.74) is 0.811. The van der Waals surface area contributed by atoms with Crippen molar-refractivity contribution in [3.8, 4) is 0 Å². The summed E-state index contributed by atoms with van der Waals surface area (Å²) in [4.78, 5) is 4.27. The topological polar surface area (TPSA) is 88.0 Å². The van der Waals surface area contributed by atoms with Crippen molar-refractivity contribution in [3.63, 3.8) is 0 Å². The predicted octanol–water partition coefficient (Wildman–Crippen LogP) is 1.34. The lowest BCUT2D eigenvalue weighted by Crippen LogP contribution is -2.54. The molecule has 7 heteroatoms. The molecule has 0 radical (unpaired) electrons. The van der Waals surface area contributed by atoms with E-state index in [0.717, 1.165) is 24.8 Å². The molecule has 1 saturated heterocycles. The molecule has 1 aromatic carbocycles. The molecule has 0 aromatic heterocycles. The fraction of sp³-hybridized carbons (Fsp3) is 0.533. The van der Waals surface area contributed by atoms with E-state index < -0.39 is 21.3 Å². The molecule has 0 amide bonds. The van der Waals surface area contributed by atoms with E-state index in [1.54, 1.807) is 0 Å². The third-order valence-corrected chi connectivity index (χ3v) is 5.96. The zero-order chi connectivity index (χ0) is 15.6. The molecule has 120 valence electrons. The van der Waals surface area contributed by atoms with Crippen molar-refractivity contribution < 1.29 is 18.3 Å². The smallest absolute Gasteiger partial charge is 0.299 e. The molecule has 0 bridgehead atoms. The van der Waals surface area contributed by atoms with Crippen LogP contribution in [-0.4, -0.2) is 37.5 Å². The Morgan fingerprint density at radius 3 is 2.73 bits per heavy atom. The molecular weight excluding hydrogens is 304 g/mol. The first-order chi connectivity index (χ1) is 10.6. The zero-order valence-electron chi connectivity index (χ0n) is 12.2. The number of hydrogen-bond donors (Lipinski definition) is 2. The Bertz CT molecular complexity index is 645. The van der Waals surface area contributed by atoms with Crippen LogP contribution in [0.5, 0.6) is 0 Å². The number of aliphatic hydroxyl groups excluding tert-OH is 1. The van der Waals surface area contributed by atoms with Crippen molar-refractivity contribution in [2.24, 2.45) is 4.99 Å². The van der Waals surface area contributed by atoms with Crippen molar-refractivity contribution in [2.45, 2.75) is 43.1 Å². The van der Waals surface area contributed by atoms with Gasteiger partial charge in [-0.05, 0) is 24.8 Å². The van der Waals surface area contributed by atoms with Gasteiger partial charge in [0.05, 0.1) is 6.61 Å². The number of aliphatic hydroxyl groups is 1. The van der Waals surface area contributed by atoms with Crippen LogP contribution >= 0.6 is 0 Å².